The van der Waals surface area contributed by atoms with E-state index in [0.29, 0.717) is 5.69 Å². The molecule has 0 aliphatic heterocycles. The summed E-state index contributed by atoms with van der Waals surface area (Å²) in [4.78, 5) is 10.9. The summed E-state index contributed by atoms with van der Waals surface area (Å²) >= 11 is 5.05. The van der Waals surface area contributed by atoms with Gasteiger partial charge in [0, 0.05) is 10.6 Å². The number of amides is 1. The first-order valence-corrected chi connectivity index (χ1v) is 5.47. The highest BCUT2D eigenvalue weighted by Gasteiger charge is 2.28. The van der Waals surface area contributed by atoms with Crippen molar-refractivity contribution in [1.82, 2.24) is 0 Å². The van der Waals surface area contributed by atoms with E-state index in [1.165, 1.54) is 24.3 Å². The fourth-order valence-corrected chi connectivity index (χ4v) is 1.54. The quantitative estimate of drug-likeness (QED) is 0.672. The lowest BCUT2D eigenvalue weighted by atomic mass is 10.3. The Bertz CT molecular complexity index is 366. The molecule has 0 aliphatic carbocycles. The SMILES string of the molecule is O=C(CCl)Nc1ccc(SC(F)(F)F)cc1. The van der Waals surface area contributed by atoms with Crippen LogP contribution in [0.4, 0.5) is 18.9 Å². The van der Waals surface area contributed by atoms with Gasteiger partial charge in [-0.15, -0.1) is 11.6 Å². The van der Waals surface area contributed by atoms with E-state index >= 15 is 0 Å². The maximum Gasteiger partial charge on any atom is 0.446 e. The first kappa shape index (κ1) is 13.2. The summed E-state index contributed by atoms with van der Waals surface area (Å²) in [6.45, 7) is 0. The molecule has 1 amide bonds. The average Bonchev–Trinajstić information content (AvgIpc) is 2.18. The van der Waals surface area contributed by atoms with E-state index in [2.05, 4.69) is 5.32 Å². The molecule has 0 spiro atoms. The van der Waals surface area contributed by atoms with Crippen LogP contribution in [0, 0.1) is 0 Å². The van der Waals surface area contributed by atoms with Crippen molar-refractivity contribution in [3.8, 4) is 0 Å². The molecular weight excluding hydrogens is 263 g/mol. The molecule has 16 heavy (non-hydrogen) atoms. The molecule has 7 heteroatoms. The summed E-state index contributed by atoms with van der Waals surface area (Å²) < 4.78 is 35.9. The zero-order valence-corrected chi connectivity index (χ0v) is 9.42. The van der Waals surface area contributed by atoms with Crippen molar-refractivity contribution in [2.45, 2.75) is 10.4 Å². The molecule has 0 radical (unpaired) electrons. The van der Waals surface area contributed by atoms with Crippen molar-refractivity contribution in [3.05, 3.63) is 24.3 Å². The predicted molar refractivity (Wildman–Crippen MR) is 57.7 cm³/mol. The largest absolute Gasteiger partial charge is 0.446 e. The third-order valence-electron chi connectivity index (χ3n) is 1.49. The standard InChI is InChI=1S/C9H7ClF3NOS/c10-5-8(15)14-6-1-3-7(4-2-6)16-9(11,12)13/h1-4H,5H2,(H,14,15). The molecule has 0 bridgehead atoms. The molecule has 0 saturated carbocycles. The summed E-state index contributed by atoms with van der Waals surface area (Å²) in [5.41, 5.74) is -3.89. The molecule has 0 atom stereocenters. The Labute approximate surface area is 99.2 Å². The number of hydrogen-bond acceptors (Lipinski definition) is 2. The minimum Gasteiger partial charge on any atom is -0.325 e. The van der Waals surface area contributed by atoms with Crippen LogP contribution in [0.3, 0.4) is 0 Å². The molecule has 1 rings (SSSR count). The molecule has 0 aliphatic rings. The van der Waals surface area contributed by atoms with Gasteiger partial charge in [-0.2, -0.15) is 13.2 Å². The lowest BCUT2D eigenvalue weighted by Gasteiger charge is -2.06. The third-order valence-corrected chi connectivity index (χ3v) is 2.48. The van der Waals surface area contributed by atoms with Crippen LogP contribution in [0.1, 0.15) is 0 Å². The minimum absolute atomic E-state index is 0.0661. The summed E-state index contributed by atoms with van der Waals surface area (Å²) in [6.07, 6.45) is 0. The van der Waals surface area contributed by atoms with Crippen LogP contribution in [-0.4, -0.2) is 17.3 Å². The van der Waals surface area contributed by atoms with Crippen LogP contribution in [0.2, 0.25) is 0 Å². The smallest absolute Gasteiger partial charge is 0.325 e. The highest BCUT2D eigenvalue weighted by molar-refractivity contribution is 8.00. The number of alkyl halides is 4. The van der Waals surface area contributed by atoms with Crippen LogP contribution >= 0.6 is 23.4 Å². The Morgan fingerprint density at radius 1 is 1.31 bits per heavy atom. The van der Waals surface area contributed by atoms with Crippen LogP contribution in [-0.2, 0) is 4.79 Å². The number of carbonyl (C=O) groups is 1. The van der Waals surface area contributed by atoms with Crippen LogP contribution < -0.4 is 5.32 Å². The van der Waals surface area contributed by atoms with E-state index in [9.17, 15) is 18.0 Å². The second-order valence-electron chi connectivity index (χ2n) is 2.75. The van der Waals surface area contributed by atoms with E-state index in [1.807, 2.05) is 0 Å². The van der Waals surface area contributed by atoms with Crippen molar-refractivity contribution < 1.29 is 18.0 Å². The van der Waals surface area contributed by atoms with Crippen LogP contribution in [0.25, 0.3) is 0 Å². The first-order valence-electron chi connectivity index (χ1n) is 4.12. The number of carbonyl (C=O) groups excluding carboxylic acids is 1. The molecule has 88 valence electrons. The fourth-order valence-electron chi connectivity index (χ4n) is 0.934. The van der Waals surface area contributed by atoms with Gasteiger partial charge in [-0.1, -0.05) is 0 Å². The maximum absolute atomic E-state index is 12.0. The zero-order chi connectivity index (χ0) is 12.2. The van der Waals surface area contributed by atoms with Crippen LogP contribution in [0.5, 0.6) is 0 Å². The molecule has 0 aromatic heterocycles. The number of thioether (sulfide) groups is 1. The monoisotopic (exact) mass is 269 g/mol. The molecule has 0 unspecified atom stereocenters. The average molecular weight is 270 g/mol. The lowest BCUT2D eigenvalue weighted by molar-refractivity contribution is -0.113. The molecule has 2 nitrogen and oxygen atoms in total. The van der Waals surface area contributed by atoms with Gasteiger partial charge in [0.1, 0.15) is 5.88 Å². The molecule has 1 aromatic carbocycles. The predicted octanol–water partition coefficient (Wildman–Crippen LogP) is 3.48. The van der Waals surface area contributed by atoms with E-state index < -0.39 is 11.4 Å². The van der Waals surface area contributed by atoms with E-state index in [1.54, 1.807) is 0 Å². The van der Waals surface area contributed by atoms with Gasteiger partial charge < -0.3 is 5.32 Å². The second kappa shape index (κ2) is 5.45. The van der Waals surface area contributed by atoms with Crippen molar-refractivity contribution in [3.63, 3.8) is 0 Å². The molecule has 1 N–H and O–H groups in total. The molecule has 1 aromatic rings. The van der Waals surface area contributed by atoms with Gasteiger partial charge in [0.25, 0.3) is 0 Å². The number of anilines is 1. The topological polar surface area (TPSA) is 29.1 Å². The lowest BCUT2D eigenvalue weighted by Crippen LogP contribution is -2.12. The highest BCUT2D eigenvalue weighted by atomic mass is 35.5. The highest BCUT2D eigenvalue weighted by Crippen LogP contribution is 2.36. The van der Waals surface area contributed by atoms with Crippen molar-refractivity contribution in [2.24, 2.45) is 0 Å². The minimum atomic E-state index is -4.30. The Morgan fingerprint density at radius 3 is 2.31 bits per heavy atom. The Morgan fingerprint density at radius 2 is 1.88 bits per heavy atom. The molecular formula is C9H7ClF3NOS. The Balaban J connectivity index is 2.64. The zero-order valence-electron chi connectivity index (χ0n) is 7.84. The van der Waals surface area contributed by atoms with Gasteiger partial charge >= 0.3 is 5.51 Å². The summed E-state index contributed by atoms with van der Waals surface area (Å²) in [7, 11) is 0. The first-order chi connectivity index (χ1) is 7.40. The molecule has 0 heterocycles. The van der Waals surface area contributed by atoms with E-state index in [-0.39, 0.29) is 22.5 Å². The van der Waals surface area contributed by atoms with Gasteiger partial charge in [0.05, 0.1) is 0 Å². The maximum atomic E-state index is 12.0. The number of benzene rings is 1. The summed E-state index contributed by atoms with van der Waals surface area (Å²) in [6, 6.07) is 5.33. The van der Waals surface area contributed by atoms with E-state index in [4.69, 9.17) is 11.6 Å². The second-order valence-corrected chi connectivity index (χ2v) is 4.16. The molecule has 0 saturated heterocycles. The van der Waals surface area contributed by atoms with Gasteiger partial charge in [-0.05, 0) is 36.0 Å². The van der Waals surface area contributed by atoms with Gasteiger partial charge in [-0.25, -0.2) is 0 Å². The van der Waals surface area contributed by atoms with Crippen molar-refractivity contribution in [2.75, 3.05) is 11.2 Å². The fraction of sp³-hybridized carbons (Fsp3) is 0.222. The summed E-state index contributed by atoms with van der Waals surface area (Å²) in [5.74, 6) is -0.600. The number of hydrogen-bond donors (Lipinski definition) is 1. The van der Waals surface area contributed by atoms with Crippen molar-refractivity contribution in [1.29, 1.82) is 0 Å². The normalized spacial score (nSPS) is 11.2. The third kappa shape index (κ3) is 4.76. The summed E-state index contributed by atoms with van der Waals surface area (Å²) in [5, 5.41) is 2.42. The van der Waals surface area contributed by atoms with Crippen LogP contribution in [0.15, 0.2) is 29.2 Å². The Hall–Kier alpha value is -0.880. The Kier molecular flexibility index (Phi) is 4.49. The number of nitrogens with one attached hydrogen (secondary N) is 1. The van der Waals surface area contributed by atoms with E-state index in [0.717, 1.165) is 0 Å². The van der Waals surface area contributed by atoms with Gasteiger partial charge in [0.2, 0.25) is 5.91 Å². The number of halogens is 4. The number of rotatable bonds is 3. The van der Waals surface area contributed by atoms with Gasteiger partial charge in [-0.3, -0.25) is 4.79 Å². The van der Waals surface area contributed by atoms with Crippen molar-refractivity contribution >= 4 is 35.0 Å². The van der Waals surface area contributed by atoms with Gasteiger partial charge in [0.15, 0.2) is 0 Å². The molecule has 0 fully saturated rings.